The maximum atomic E-state index is 6.14. The predicted molar refractivity (Wildman–Crippen MR) is 117 cm³/mol. The second kappa shape index (κ2) is 8.95. The number of nitrogens with two attached hydrogens (primary N) is 3. The van der Waals surface area contributed by atoms with Crippen LogP contribution in [0.5, 0.6) is 0 Å². The summed E-state index contributed by atoms with van der Waals surface area (Å²) in [7, 11) is 2.15. The maximum Gasteiger partial charge on any atom is 0.292 e. The van der Waals surface area contributed by atoms with E-state index in [-0.39, 0.29) is 6.01 Å². The molecule has 2 aromatic rings. The van der Waals surface area contributed by atoms with E-state index in [1.54, 1.807) is 0 Å². The fourth-order valence-electron chi connectivity index (χ4n) is 3.57. The lowest BCUT2D eigenvalue weighted by atomic mass is 10.0. The van der Waals surface area contributed by atoms with Gasteiger partial charge in [-0.25, -0.2) is 4.99 Å². The molecule has 0 aliphatic carbocycles. The average molecular weight is 399 g/mol. The third kappa shape index (κ3) is 4.68. The Kier molecular flexibility index (Phi) is 6.38. The van der Waals surface area contributed by atoms with E-state index in [0.717, 1.165) is 49.3 Å². The molecule has 0 spiro atoms. The maximum absolute atomic E-state index is 6.14. The highest BCUT2D eigenvalue weighted by atomic mass is 16.4. The van der Waals surface area contributed by atoms with Crippen LogP contribution in [0.15, 0.2) is 44.1 Å². The summed E-state index contributed by atoms with van der Waals surface area (Å²) >= 11 is 0. The summed E-state index contributed by atoms with van der Waals surface area (Å²) < 4.78 is 5.39. The number of fused-ring (bicyclic) bond motifs is 1. The lowest BCUT2D eigenvalue weighted by Crippen LogP contribution is -2.41. The lowest BCUT2D eigenvalue weighted by molar-refractivity contribution is 0.130. The average Bonchev–Trinajstić information content (AvgIpc) is 3.08. The Balaban J connectivity index is 2.05. The number of piperidine rings is 1. The lowest BCUT2D eigenvalue weighted by Gasteiger charge is -2.35. The molecule has 9 nitrogen and oxygen atoms in total. The second-order valence-electron chi connectivity index (χ2n) is 7.26. The number of benzene rings is 1. The minimum atomic E-state index is 0.136. The van der Waals surface area contributed by atoms with Crippen LogP contribution in [0.25, 0.3) is 11.1 Å². The van der Waals surface area contributed by atoms with Gasteiger partial charge in [0.2, 0.25) is 0 Å². The van der Waals surface area contributed by atoms with Crippen molar-refractivity contribution >= 4 is 29.2 Å². The Bertz CT molecular complexity index is 937. The van der Waals surface area contributed by atoms with Crippen LogP contribution in [-0.2, 0) is 0 Å². The molecular formula is C20H30N8O. The molecule has 3 rings (SSSR count). The van der Waals surface area contributed by atoms with Gasteiger partial charge in [-0.1, -0.05) is 0 Å². The van der Waals surface area contributed by atoms with Crippen LogP contribution in [0.1, 0.15) is 32.3 Å². The van der Waals surface area contributed by atoms with Crippen molar-refractivity contribution in [3.63, 3.8) is 0 Å². The van der Waals surface area contributed by atoms with Crippen LogP contribution in [0.2, 0.25) is 0 Å². The van der Waals surface area contributed by atoms with Gasteiger partial charge in [0.05, 0.1) is 12.1 Å². The molecule has 1 aromatic heterocycles. The summed E-state index contributed by atoms with van der Waals surface area (Å²) in [6.07, 6.45) is 3.32. The zero-order chi connectivity index (χ0) is 21.0. The van der Waals surface area contributed by atoms with Crippen molar-refractivity contribution in [2.24, 2.45) is 21.6 Å². The van der Waals surface area contributed by atoms with Gasteiger partial charge in [0.15, 0.2) is 5.58 Å². The van der Waals surface area contributed by atoms with Crippen molar-refractivity contribution in [1.29, 1.82) is 0 Å². The Morgan fingerprint density at radius 1 is 1.38 bits per heavy atom. The number of anilines is 1. The second-order valence-corrected chi connectivity index (χ2v) is 7.26. The van der Waals surface area contributed by atoms with Crippen LogP contribution < -0.4 is 17.2 Å². The van der Waals surface area contributed by atoms with Gasteiger partial charge in [0.1, 0.15) is 11.3 Å². The molecule has 0 saturated carbocycles. The molecule has 2 heterocycles. The predicted octanol–water partition coefficient (Wildman–Crippen LogP) is 1.71. The van der Waals surface area contributed by atoms with Crippen LogP contribution in [-0.4, -0.2) is 59.7 Å². The molecule has 9 heteroatoms. The number of aromatic nitrogens is 1. The minimum absolute atomic E-state index is 0.136. The number of likely N-dealkylation sites (tertiary alicyclic amines) is 1. The molecule has 1 aliphatic heterocycles. The van der Waals surface area contributed by atoms with E-state index in [2.05, 4.69) is 33.9 Å². The number of nitrogens with zero attached hydrogens (tertiary/aromatic N) is 5. The number of oxazole rings is 1. The minimum Gasteiger partial charge on any atom is -0.424 e. The first kappa shape index (κ1) is 20.7. The van der Waals surface area contributed by atoms with Gasteiger partial charge >= 0.3 is 0 Å². The molecule has 0 amide bonds. The molecule has 0 bridgehead atoms. The standard InChI is InChI=1S/C20H30N8O/c1-4-28(15-7-9-27(3)10-8-15)26-18(13(2)19(22)24-12-21)14-5-6-17-16(11-14)25-20(23)29-17/h5-6,11-12,15H,4,7-10,22H2,1-3H3,(H2,21,24)(H2,23,25)/b19-13+,26-18+. The van der Waals surface area contributed by atoms with Crippen molar-refractivity contribution in [2.75, 3.05) is 32.4 Å². The van der Waals surface area contributed by atoms with Gasteiger partial charge < -0.3 is 26.5 Å². The largest absolute Gasteiger partial charge is 0.424 e. The molecule has 6 N–H and O–H groups in total. The topological polar surface area (TPSA) is 135 Å². The number of aliphatic imine (C=N–C) groups is 1. The quantitative estimate of drug-likeness (QED) is 0.383. The van der Waals surface area contributed by atoms with E-state index in [1.165, 1.54) is 6.34 Å². The van der Waals surface area contributed by atoms with Crippen LogP contribution in [0.4, 0.5) is 6.01 Å². The fourth-order valence-corrected chi connectivity index (χ4v) is 3.57. The van der Waals surface area contributed by atoms with E-state index in [9.17, 15) is 0 Å². The highest BCUT2D eigenvalue weighted by Gasteiger charge is 2.23. The van der Waals surface area contributed by atoms with Crippen molar-refractivity contribution in [3.05, 3.63) is 35.2 Å². The first-order valence-electron chi connectivity index (χ1n) is 9.84. The molecule has 0 atom stereocenters. The normalized spacial score (nSPS) is 17.8. The van der Waals surface area contributed by atoms with Gasteiger partial charge in [0, 0.05) is 23.7 Å². The fraction of sp³-hybridized carbons (Fsp3) is 0.450. The monoisotopic (exact) mass is 398 g/mol. The molecule has 1 saturated heterocycles. The Morgan fingerprint density at radius 3 is 2.76 bits per heavy atom. The molecule has 29 heavy (non-hydrogen) atoms. The Hall–Kier alpha value is -3.07. The molecule has 1 aliphatic rings. The molecule has 1 aromatic carbocycles. The Morgan fingerprint density at radius 2 is 2.10 bits per heavy atom. The summed E-state index contributed by atoms with van der Waals surface area (Å²) in [6.45, 7) is 6.92. The molecule has 0 radical (unpaired) electrons. The molecule has 1 fully saturated rings. The van der Waals surface area contributed by atoms with Crippen LogP contribution in [0, 0.1) is 0 Å². The molecule has 156 valence electrons. The third-order valence-electron chi connectivity index (χ3n) is 5.29. The number of hydrogen-bond donors (Lipinski definition) is 3. The third-order valence-corrected chi connectivity index (χ3v) is 5.29. The first-order valence-corrected chi connectivity index (χ1v) is 9.84. The smallest absolute Gasteiger partial charge is 0.292 e. The summed E-state index contributed by atoms with van der Waals surface area (Å²) in [6, 6.07) is 6.18. The van der Waals surface area contributed by atoms with Crippen molar-refractivity contribution in [2.45, 2.75) is 32.7 Å². The van der Waals surface area contributed by atoms with E-state index in [1.807, 2.05) is 25.1 Å². The van der Waals surface area contributed by atoms with Crippen molar-refractivity contribution < 1.29 is 4.42 Å². The van der Waals surface area contributed by atoms with Gasteiger partial charge in [0.25, 0.3) is 6.01 Å². The number of hydrazone groups is 1. The molecular weight excluding hydrogens is 368 g/mol. The zero-order valence-corrected chi connectivity index (χ0v) is 17.3. The number of allylic oxidation sites excluding steroid dienone is 1. The van der Waals surface area contributed by atoms with Gasteiger partial charge in [-0.2, -0.15) is 10.1 Å². The van der Waals surface area contributed by atoms with Crippen LogP contribution in [0.3, 0.4) is 0 Å². The van der Waals surface area contributed by atoms with E-state index < -0.39 is 0 Å². The summed E-state index contributed by atoms with van der Waals surface area (Å²) in [4.78, 5) is 10.6. The number of hydrogen-bond acceptors (Lipinski definition) is 8. The van der Waals surface area contributed by atoms with Crippen molar-refractivity contribution in [3.8, 4) is 0 Å². The van der Waals surface area contributed by atoms with Gasteiger partial charge in [-0.3, -0.25) is 5.01 Å². The van der Waals surface area contributed by atoms with Gasteiger partial charge in [-0.15, -0.1) is 0 Å². The van der Waals surface area contributed by atoms with E-state index >= 15 is 0 Å². The van der Waals surface area contributed by atoms with E-state index in [0.29, 0.717) is 23.0 Å². The highest BCUT2D eigenvalue weighted by Crippen LogP contribution is 2.23. The van der Waals surface area contributed by atoms with Crippen molar-refractivity contribution in [1.82, 2.24) is 14.9 Å². The highest BCUT2D eigenvalue weighted by molar-refractivity contribution is 6.13. The summed E-state index contributed by atoms with van der Waals surface area (Å²) in [5, 5.41) is 7.17. The number of nitrogen functional groups attached to an aromatic ring is 1. The van der Waals surface area contributed by atoms with Crippen LogP contribution >= 0.6 is 0 Å². The van der Waals surface area contributed by atoms with E-state index in [4.69, 9.17) is 26.7 Å². The summed E-state index contributed by atoms with van der Waals surface area (Å²) in [5.74, 6) is 0.324. The molecule has 0 unspecified atom stereocenters. The Labute approximate surface area is 170 Å². The zero-order valence-electron chi connectivity index (χ0n) is 17.3. The SMILES string of the molecule is CCN(\N=C(/C(C)=C(N)/N=C\N)c1ccc2oc(N)nc2c1)C1CCN(C)CC1. The first-order chi connectivity index (χ1) is 13.9. The number of rotatable bonds is 6. The summed E-state index contributed by atoms with van der Waals surface area (Å²) in [5.41, 5.74) is 20.9. The van der Waals surface area contributed by atoms with Gasteiger partial charge in [-0.05, 0) is 65.0 Å².